The maximum absolute atomic E-state index is 6.16. The van der Waals surface area contributed by atoms with E-state index in [9.17, 15) is 0 Å². The summed E-state index contributed by atoms with van der Waals surface area (Å²) in [6.45, 7) is 7.06. The number of aryl methyl sites for hydroxylation is 1. The molecule has 0 saturated heterocycles. The molecule has 0 amide bonds. The van der Waals surface area contributed by atoms with Gasteiger partial charge in [-0.2, -0.15) is 5.10 Å². The summed E-state index contributed by atoms with van der Waals surface area (Å²) in [5.74, 6) is 0.756. The van der Waals surface area contributed by atoms with Crippen LogP contribution in [0.25, 0.3) is 11.0 Å². The average molecular weight is 268 g/mol. The Bertz CT molecular complexity index is 536. The van der Waals surface area contributed by atoms with Crippen LogP contribution in [0.15, 0.2) is 6.20 Å². The van der Waals surface area contributed by atoms with Crippen molar-refractivity contribution in [3.8, 4) is 0 Å². The maximum Gasteiger partial charge on any atom is 0.162 e. The van der Waals surface area contributed by atoms with Gasteiger partial charge in [0.2, 0.25) is 0 Å². The number of rotatable bonds is 5. The van der Waals surface area contributed by atoms with Crippen molar-refractivity contribution in [2.45, 2.75) is 26.8 Å². The molecular formula is C12H18ClN5. The van der Waals surface area contributed by atoms with Crippen LogP contribution < -0.4 is 0 Å². The molecule has 0 atom stereocenters. The number of fused-ring (bicyclic) bond motifs is 1. The van der Waals surface area contributed by atoms with Crippen molar-refractivity contribution in [1.29, 1.82) is 0 Å². The molecule has 5 nitrogen and oxygen atoms in total. The Morgan fingerprint density at radius 2 is 2.11 bits per heavy atom. The largest absolute Gasteiger partial charge is 0.296 e. The Morgan fingerprint density at radius 3 is 2.78 bits per heavy atom. The first-order valence-electron chi connectivity index (χ1n) is 6.22. The second-order valence-corrected chi connectivity index (χ2v) is 4.66. The fourth-order valence-electron chi connectivity index (χ4n) is 1.97. The smallest absolute Gasteiger partial charge is 0.162 e. The van der Waals surface area contributed by atoms with E-state index >= 15 is 0 Å². The number of nitrogens with zero attached hydrogens (tertiary/aromatic N) is 5. The minimum absolute atomic E-state index is 0.482. The van der Waals surface area contributed by atoms with Crippen molar-refractivity contribution < 1.29 is 0 Å². The third-order valence-electron chi connectivity index (χ3n) is 2.94. The lowest BCUT2D eigenvalue weighted by atomic mass is 10.3. The van der Waals surface area contributed by atoms with E-state index in [1.165, 1.54) is 0 Å². The molecule has 0 aliphatic rings. The van der Waals surface area contributed by atoms with Crippen LogP contribution in [-0.4, -0.2) is 37.7 Å². The monoisotopic (exact) mass is 267 g/mol. The van der Waals surface area contributed by atoms with Gasteiger partial charge < -0.3 is 0 Å². The van der Waals surface area contributed by atoms with Crippen LogP contribution >= 0.6 is 11.6 Å². The highest BCUT2D eigenvalue weighted by molar-refractivity contribution is 6.33. The molecule has 0 unspecified atom stereocenters. The SMILES string of the molecule is CCCN(CC)Cc1nc(Cl)c2cnn(C)c2n1. The number of aromatic nitrogens is 4. The van der Waals surface area contributed by atoms with Crippen molar-refractivity contribution >= 4 is 22.6 Å². The number of hydrogen-bond acceptors (Lipinski definition) is 4. The molecule has 2 rings (SSSR count). The van der Waals surface area contributed by atoms with E-state index in [-0.39, 0.29) is 0 Å². The Kier molecular flexibility index (Phi) is 4.14. The third kappa shape index (κ3) is 2.62. The van der Waals surface area contributed by atoms with Gasteiger partial charge in [-0.1, -0.05) is 25.4 Å². The topological polar surface area (TPSA) is 46.8 Å². The summed E-state index contributed by atoms with van der Waals surface area (Å²) in [4.78, 5) is 11.2. The van der Waals surface area contributed by atoms with E-state index < -0.39 is 0 Å². The number of hydrogen-bond donors (Lipinski definition) is 0. The number of halogens is 1. The van der Waals surface area contributed by atoms with Crippen molar-refractivity contribution in [3.63, 3.8) is 0 Å². The van der Waals surface area contributed by atoms with E-state index in [1.807, 2.05) is 7.05 Å². The van der Waals surface area contributed by atoms with Crippen LogP contribution in [0, 0.1) is 0 Å². The zero-order chi connectivity index (χ0) is 13.1. The van der Waals surface area contributed by atoms with Gasteiger partial charge in [-0.05, 0) is 19.5 Å². The van der Waals surface area contributed by atoms with E-state index in [0.717, 1.165) is 42.9 Å². The summed E-state index contributed by atoms with van der Waals surface area (Å²) in [7, 11) is 1.86. The molecule has 98 valence electrons. The van der Waals surface area contributed by atoms with Gasteiger partial charge in [0, 0.05) is 7.05 Å². The molecule has 2 aromatic rings. The van der Waals surface area contributed by atoms with Crippen LogP contribution in [0.1, 0.15) is 26.1 Å². The van der Waals surface area contributed by atoms with Crippen LogP contribution in [-0.2, 0) is 13.6 Å². The van der Waals surface area contributed by atoms with Gasteiger partial charge in [0.25, 0.3) is 0 Å². The standard InChI is InChI=1S/C12H18ClN5/c1-4-6-18(5-2)8-10-15-11(13)9-7-14-17(3)12(9)16-10/h7H,4-6,8H2,1-3H3. The van der Waals surface area contributed by atoms with Crippen LogP contribution in [0.3, 0.4) is 0 Å². The van der Waals surface area contributed by atoms with E-state index in [2.05, 4.69) is 33.8 Å². The first-order chi connectivity index (χ1) is 8.65. The summed E-state index contributed by atoms with van der Waals surface area (Å²) in [5.41, 5.74) is 0.789. The molecule has 2 heterocycles. The molecular weight excluding hydrogens is 250 g/mol. The summed E-state index contributed by atoms with van der Waals surface area (Å²) < 4.78 is 1.72. The van der Waals surface area contributed by atoms with E-state index in [1.54, 1.807) is 10.9 Å². The lowest BCUT2D eigenvalue weighted by Gasteiger charge is -2.18. The average Bonchev–Trinajstić information content (AvgIpc) is 2.71. The zero-order valence-corrected chi connectivity index (χ0v) is 11.8. The van der Waals surface area contributed by atoms with Gasteiger partial charge in [-0.15, -0.1) is 0 Å². The summed E-state index contributed by atoms with van der Waals surface area (Å²) in [6, 6.07) is 0. The molecule has 6 heteroatoms. The molecule has 0 aromatic carbocycles. The normalized spacial score (nSPS) is 11.6. The van der Waals surface area contributed by atoms with Gasteiger partial charge in [-0.3, -0.25) is 9.58 Å². The lowest BCUT2D eigenvalue weighted by molar-refractivity contribution is 0.274. The van der Waals surface area contributed by atoms with Crippen molar-refractivity contribution in [2.75, 3.05) is 13.1 Å². The van der Waals surface area contributed by atoms with Crippen molar-refractivity contribution in [3.05, 3.63) is 17.2 Å². The lowest BCUT2D eigenvalue weighted by Crippen LogP contribution is -2.24. The second-order valence-electron chi connectivity index (χ2n) is 4.30. The van der Waals surface area contributed by atoms with Gasteiger partial charge in [0.05, 0.1) is 18.1 Å². The minimum atomic E-state index is 0.482. The predicted octanol–water partition coefficient (Wildman–Crippen LogP) is 2.25. The minimum Gasteiger partial charge on any atom is -0.296 e. The Balaban J connectivity index is 2.30. The Hall–Kier alpha value is -1.20. The first-order valence-corrected chi connectivity index (χ1v) is 6.60. The highest BCUT2D eigenvalue weighted by Crippen LogP contribution is 2.19. The maximum atomic E-state index is 6.16. The van der Waals surface area contributed by atoms with Crippen molar-refractivity contribution in [2.24, 2.45) is 7.05 Å². The van der Waals surface area contributed by atoms with Crippen molar-refractivity contribution in [1.82, 2.24) is 24.6 Å². The Morgan fingerprint density at radius 1 is 1.33 bits per heavy atom. The van der Waals surface area contributed by atoms with Crippen LogP contribution in [0.4, 0.5) is 0 Å². The first kappa shape index (κ1) is 13.2. The molecule has 0 bridgehead atoms. The fourth-order valence-corrected chi connectivity index (χ4v) is 2.20. The molecule has 18 heavy (non-hydrogen) atoms. The van der Waals surface area contributed by atoms with E-state index in [4.69, 9.17) is 11.6 Å². The van der Waals surface area contributed by atoms with Gasteiger partial charge in [0.15, 0.2) is 5.65 Å². The molecule has 2 aromatic heterocycles. The molecule has 0 fully saturated rings. The molecule has 0 aliphatic carbocycles. The Labute approximate surface area is 112 Å². The highest BCUT2D eigenvalue weighted by atomic mass is 35.5. The van der Waals surface area contributed by atoms with E-state index in [0.29, 0.717) is 5.15 Å². The van der Waals surface area contributed by atoms with Gasteiger partial charge >= 0.3 is 0 Å². The fraction of sp³-hybridized carbons (Fsp3) is 0.583. The molecule has 0 aliphatic heterocycles. The predicted molar refractivity (Wildman–Crippen MR) is 72.6 cm³/mol. The third-order valence-corrected chi connectivity index (χ3v) is 3.23. The van der Waals surface area contributed by atoms with Gasteiger partial charge in [0.1, 0.15) is 11.0 Å². The highest BCUT2D eigenvalue weighted by Gasteiger charge is 2.11. The summed E-state index contributed by atoms with van der Waals surface area (Å²) >= 11 is 6.16. The molecule has 0 N–H and O–H groups in total. The summed E-state index contributed by atoms with van der Waals surface area (Å²) in [5, 5.41) is 5.44. The second kappa shape index (κ2) is 5.63. The zero-order valence-electron chi connectivity index (χ0n) is 11.0. The summed E-state index contributed by atoms with van der Waals surface area (Å²) in [6.07, 6.45) is 2.82. The molecule has 0 spiro atoms. The molecule has 0 radical (unpaired) electrons. The van der Waals surface area contributed by atoms with Gasteiger partial charge in [-0.25, -0.2) is 9.97 Å². The quantitative estimate of drug-likeness (QED) is 0.780. The molecule has 0 saturated carbocycles. The van der Waals surface area contributed by atoms with Crippen LogP contribution in [0.2, 0.25) is 5.15 Å². The van der Waals surface area contributed by atoms with Crippen LogP contribution in [0.5, 0.6) is 0 Å².